The number of hydrogen-bond donors (Lipinski definition) is 0. The first-order valence-corrected chi connectivity index (χ1v) is 6.68. The van der Waals surface area contributed by atoms with E-state index in [0.29, 0.717) is 17.1 Å². The van der Waals surface area contributed by atoms with Crippen molar-refractivity contribution in [1.29, 1.82) is 0 Å². The number of methoxy groups -OCH3 is 2. The molecular weight excluding hydrogens is 268 g/mol. The van der Waals surface area contributed by atoms with E-state index in [1.807, 2.05) is 19.1 Å². The van der Waals surface area contributed by atoms with Crippen LogP contribution in [0.25, 0.3) is 0 Å². The van der Waals surface area contributed by atoms with E-state index in [1.165, 1.54) is 0 Å². The number of anilines is 1. The molecule has 1 aliphatic rings. The summed E-state index contributed by atoms with van der Waals surface area (Å²) in [6.45, 7) is 1.97. The molecule has 1 aromatic heterocycles. The molecule has 0 spiro atoms. The third kappa shape index (κ3) is 2.01. The highest BCUT2D eigenvalue weighted by atomic mass is 16.5. The first-order valence-electron chi connectivity index (χ1n) is 6.68. The molecule has 3 rings (SSSR count). The number of pyridine rings is 1. The van der Waals surface area contributed by atoms with Crippen LogP contribution in [0.3, 0.4) is 0 Å². The lowest BCUT2D eigenvalue weighted by Crippen LogP contribution is -2.26. The summed E-state index contributed by atoms with van der Waals surface area (Å²) in [7, 11) is 3.16. The molecule has 0 fully saturated rings. The SMILES string of the molecule is COc1ccc(N2C(=O)c3cccnc3C2C)cc1OC. The standard InChI is InChI=1S/C16H16N2O3/c1-10-15-12(5-4-8-17-15)16(19)18(10)11-6-7-13(20-2)14(9-11)21-3/h4-10H,1-3H3. The topological polar surface area (TPSA) is 51.7 Å². The molecule has 1 aromatic carbocycles. The lowest BCUT2D eigenvalue weighted by atomic mass is 10.2. The highest BCUT2D eigenvalue weighted by Crippen LogP contribution is 2.39. The van der Waals surface area contributed by atoms with E-state index < -0.39 is 0 Å². The fourth-order valence-corrected chi connectivity index (χ4v) is 2.67. The number of ether oxygens (including phenoxy) is 2. The highest BCUT2D eigenvalue weighted by molar-refractivity contribution is 6.10. The second kappa shape index (κ2) is 5.09. The first kappa shape index (κ1) is 13.4. The number of fused-ring (bicyclic) bond motifs is 1. The van der Waals surface area contributed by atoms with Crippen LogP contribution in [0.5, 0.6) is 11.5 Å². The van der Waals surface area contributed by atoms with Gasteiger partial charge in [-0.1, -0.05) is 0 Å². The van der Waals surface area contributed by atoms with Crippen molar-refractivity contribution < 1.29 is 14.3 Å². The maximum Gasteiger partial charge on any atom is 0.260 e. The molecule has 0 radical (unpaired) electrons. The molecule has 1 aliphatic heterocycles. The summed E-state index contributed by atoms with van der Waals surface area (Å²) in [5, 5.41) is 0. The zero-order chi connectivity index (χ0) is 15.0. The van der Waals surface area contributed by atoms with Gasteiger partial charge in [-0.05, 0) is 31.2 Å². The molecule has 0 aliphatic carbocycles. The molecule has 0 saturated heterocycles. The third-order valence-electron chi connectivity index (χ3n) is 3.72. The fraction of sp³-hybridized carbons (Fsp3) is 0.250. The van der Waals surface area contributed by atoms with Crippen LogP contribution >= 0.6 is 0 Å². The third-order valence-corrected chi connectivity index (χ3v) is 3.72. The minimum atomic E-state index is -0.105. The van der Waals surface area contributed by atoms with Gasteiger partial charge in [-0.15, -0.1) is 0 Å². The molecule has 5 heteroatoms. The largest absolute Gasteiger partial charge is 0.493 e. The summed E-state index contributed by atoms with van der Waals surface area (Å²) in [4.78, 5) is 18.6. The molecule has 2 aromatic rings. The number of nitrogens with zero attached hydrogens (tertiary/aromatic N) is 2. The van der Waals surface area contributed by atoms with Gasteiger partial charge in [-0.2, -0.15) is 0 Å². The van der Waals surface area contributed by atoms with E-state index in [4.69, 9.17) is 9.47 Å². The van der Waals surface area contributed by atoms with Crippen LogP contribution in [0, 0.1) is 0 Å². The predicted molar refractivity (Wildman–Crippen MR) is 79.0 cm³/mol. The fourth-order valence-electron chi connectivity index (χ4n) is 2.67. The number of amides is 1. The summed E-state index contributed by atoms with van der Waals surface area (Å²) in [6.07, 6.45) is 1.71. The van der Waals surface area contributed by atoms with E-state index in [1.54, 1.807) is 43.5 Å². The van der Waals surface area contributed by atoms with Crippen molar-refractivity contribution in [3.63, 3.8) is 0 Å². The quantitative estimate of drug-likeness (QED) is 0.869. The van der Waals surface area contributed by atoms with Crippen molar-refractivity contribution in [2.24, 2.45) is 0 Å². The molecule has 108 valence electrons. The first-order chi connectivity index (χ1) is 10.2. The van der Waals surface area contributed by atoms with Gasteiger partial charge in [0.1, 0.15) is 0 Å². The Morgan fingerprint density at radius 3 is 2.57 bits per heavy atom. The van der Waals surface area contributed by atoms with Crippen molar-refractivity contribution in [3.05, 3.63) is 47.8 Å². The number of carbonyl (C=O) groups excluding carboxylic acids is 1. The molecular formula is C16H16N2O3. The van der Waals surface area contributed by atoms with Gasteiger partial charge in [0, 0.05) is 18.0 Å². The van der Waals surface area contributed by atoms with Crippen molar-refractivity contribution in [2.45, 2.75) is 13.0 Å². The molecule has 2 heterocycles. The van der Waals surface area contributed by atoms with E-state index in [2.05, 4.69) is 4.98 Å². The van der Waals surface area contributed by atoms with Gasteiger partial charge in [0.05, 0.1) is 31.5 Å². The van der Waals surface area contributed by atoms with Crippen LogP contribution in [0.4, 0.5) is 5.69 Å². The Balaban J connectivity index is 2.05. The summed E-state index contributed by atoms with van der Waals surface area (Å²) >= 11 is 0. The van der Waals surface area contributed by atoms with Crippen molar-refractivity contribution in [1.82, 2.24) is 4.98 Å². The zero-order valence-corrected chi connectivity index (χ0v) is 12.2. The predicted octanol–water partition coefficient (Wildman–Crippen LogP) is 2.82. The Morgan fingerprint density at radius 1 is 1.14 bits per heavy atom. The van der Waals surface area contributed by atoms with E-state index in [-0.39, 0.29) is 11.9 Å². The van der Waals surface area contributed by atoms with Crippen molar-refractivity contribution >= 4 is 11.6 Å². The maximum atomic E-state index is 12.6. The second-order valence-electron chi connectivity index (χ2n) is 4.83. The van der Waals surface area contributed by atoms with Crippen LogP contribution in [0.2, 0.25) is 0 Å². The van der Waals surface area contributed by atoms with Gasteiger partial charge in [-0.25, -0.2) is 0 Å². The minimum Gasteiger partial charge on any atom is -0.493 e. The van der Waals surface area contributed by atoms with Crippen LogP contribution < -0.4 is 14.4 Å². The monoisotopic (exact) mass is 284 g/mol. The highest BCUT2D eigenvalue weighted by Gasteiger charge is 2.36. The molecule has 0 saturated carbocycles. The Kier molecular flexibility index (Phi) is 3.25. The molecule has 1 amide bonds. The lowest BCUT2D eigenvalue weighted by molar-refractivity contribution is 0.0992. The summed E-state index contributed by atoms with van der Waals surface area (Å²) in [6, 6.07) is 8.93. The van der Waals surface area contributed by atoms with Crippen LogP contribution in [0.1, 0.15) is 29.0 Å². The van der Waals surface area contributed by atoms with E-state index in [9.17, 15) is 4.79 Å². The van der Waals surface area contributed by atoms with Gasteiger partial charge >= 0.3 is 0 Å². The molecule has 21 heavy (non-hydrogen) atoms. The Bertz CT molecular complexity index is 700. The summed E-state index contributed by atoms with van der Waals surface area (Å²) in [5.41, 5.74) is 2.22. The molecule has 1 atom stereocenters. The summed E-state index contributed by atoms with van der Waals surface area (Å²) < 4.78 is 10.5. The molecule has 0 bridgehead atoms. The van der Waals surface area contributed by atoms with Gasteiger partial charge in [0.15, 0.2) is 11.5 Å². The average molecular weight is 284 g/mol. The number of carbonyl (C=O) groups is 1. The van der Waals surface area contributed by atoms with Crippen LogP contribution in [-0.2, 0) is 0 Å². The number of benzene rings is 1. The van der Waals surface area contributed by atoms with E-state index >= 15 is 0 Å². The van der Waals surface area contributed by atoms with Crippen molar-refractivity contribution in [3.8, 4) is 11.5 Å². The van der Waals surface area contributed by atoms with Gasteiger partial charge in [0.2, 0.25) is 0 Å². The van der Waals surface area contributed by atoms with Crippen molar-refractivity contribution in [2.75, 3.05) is 19.1 Å². The molecule has 0 N–H and O–H groups in total. The van der Waals surface area contributed by atoms with Gasteiger partial charge < -0.3 is 9.47 Å². The smallest absolute Gasteiger partial charge is 0.260 e. The Labute approximate surface area is 123 Å². The zero-order valence-electron chi connectivity index (χ0n) is 12.2. The molecule has 1 unspecified atom stereocenters. The number of hydrogen-bond acceptors (Lipinski definition) is 4. The average Bonchev–Trinajstić information content (AvgIpc) is 2.78. The Hall–Kier alpha value is -2.56. The Morgan fingerprint density at radius 2 is 1.90 bits per heavy atom. The van der Waals surface area contributed by atoms with Gasteiger partial charge in [0.25, 0.3) is 5.91 Å². The van der Waals surface area contributed by atoms with Crippen LogP contribution in [0.15, 0.2) is 36.5 Å². The number of aromatic nitrogens is 1. The maximum absolute atomic E-state index is 12.6. The van der Waals surface area contributed by atoms with Crippen LogP contribution in [-0.4, -0.2) is 25.1 Å². The van der Waals surface area contributed by atoms with Gasteiger partial charge in [-0.3, -0.25) is 14.7 Å². The minimum absolute atomic E-state index is 0.0437. The lowest BCUT2D eigenvalue weighted by Gasteiger charge is -2.22. The molecule has 5 nitrogen and oxygen atoms in total. The number of rotatable bonds is 3. The second-order valence-corrected chi connectivity index (χ2v) is 4.83. The normalized spacial score (nSPS) is 16.8. The van der Waals surface area contributed by atoms with E-state index in [0.717, 1.165) is 11.4 Å². The summed E-state index contributed by atoms with van der Waals surface area (Å²) in [5.74, 6) is 1.19.